The first-order valence-electron chi connectivity index (χ1n) is 4.48. The molecule has 0 aliphatic carbocycles. The topological polar surface area (TPSA) is 96.7 Å². The van der Waals surface area contributed by atoms with E-state index in [1.165, 1.54) is 6.20 Å². The first-order chi connectivity index (χ1) is 7.02. The number of carbonyl (C=O) groups excluding carboxylic acids is 1. The van der Waals surface area contributed by atoms with Crippen LogP contribution in [0.15, 0.2) is 6.20 Å². The first-order valence-corrected chi connectivity index (χ1v) is 4.89. The number of hydrogen-bond acceptors (Lipinski definition) is 4. The van der Waals surface area contributed by atoms with Crippen LogP contribution in [0, 0.1) is 5.92 Å². The number of amides is 1. The zero-order valence-electron chi connectivity index (χ0n) is 8.52. The molecule has 6 nitrogen and oxygen atoms in total. The second-order valence-corrected chi connectivity index (χ2v) is 3.92. The molecular formula is C8H13N5OS. The number of aromatic nitrogens is 3. The van der Waals surface area contributed by atoms with Crippen molar-refractivity contribution in [3.05, 3.63) is 11.9 Å². The minimum Gasteiger partial charge on any atom is -0.392 e. The molecule has 0 radical (unpaired) electrons. The molecule has 0 aliphatic rings. The number of nitrogens with one attached hydrogen (secondary N) is 2. The maximum absolute atomic E-state index is 11.6. The smallest absolute Gasteiger partial charge is 0.274 e. The van der Waals surface area contributed by atoms with Crippen LogP contribution < -0.4 is 11.1 Å². The van der Waals surface area contributed by atoms with Crippen LogP contribution >= 0.6 is 12.2 Å². The van der Waals surface area contributed by atoms with Gasteiger partial charge in [-0.05, 0) is 5.92 Å². The van der Waals surface area contributed by atoms with Crippen LogP contribution in [0.3, 0.4) is 0 Å². The molecule has 1 unspecified atom stereocenters. The summed E-state index contributed by atoms with van der Waals surface area (Å²) in [5, 5.41) is 12.2. The molecule has 1 aromatic rings. The monoisotopic (exact) mass is 227 g/mol. The van der Waals surface area contributed by atoms with Gasteiger partial charge in [0, 0.05) is 0 Å². The molecule has 0 saturated carbocycles. The molecule has 7 heteroatoms. The molecule has 0 saturated heterocycles. The third-order valence-corrected chi connectivity index (χ3v) is 2.16. The Bertz CT molecular complexity index is 348. The molecule has 1 amide bonds. The maximum Gasteiger partial charge on any atom is 0.274 e. The number of H-pyrrole nitrogens is 1. The highest BCUT2D eigenvalue weighted by atomic mass is 32.1. The van der Waals surface area contributed by atoms with Gasteiger partial charge in [-0.2, -0.15) is 15.4 Å². The molecule has 15 heavy (non-hydrogen) atoms. The minimum atomic E-state index is -0.338. The predicted octanol–water partition coefficient (Wildman–Crippen LogP) is -0.155. The summed E-state index contributed by atoms with van der Waals surface area (Å²) in [6.45, 7) is 3.85. The number of carbonyl (C=O) groups is 1. The molecule has 0 spiro atoms. The molecule has 0 bridgehead atoms. The van der Waals surface area contributed by atoms with Gasteiger partial charge in [-0.1, -0.05) is 26.1 Å². The number of thiocarbonyl (C=S) groups is 1. The Hall–Kier alpha value is -1.50. The van der Waals surface area contributed by atoms with Gasteiger partial charge in [0.05, 0.1) is 17.2 Å². The van der Waals surface area contributed by atoms with E-state index in [-0.39, 0.29) is 28.5 Å². The minimum absolute atomic E-state index is 0.137. The Morgan fingerprint density at radius 2 is 2.33 bits per heavy atom. The summed E-state index contributed by atoms with van der Waals surface area (Å²) in [4.78, 5) is 11.8. The fourth-order valence-electron chi connectivity index (χ4n) is 1.09. The quantitative estimate of drug-likeness (QED) is 0.621. The fourth-order valence-corrected chi connectivity index (χ4v) is 1.42. The van der Waals surface area contributed by atoms with E-state index in [1.807, 2.05) is 13.8 Å². The van der Waals surface area contributed by atoms with Gasteiger partial charge < -0.3 is 11.1 Å². The van der Waals surface area contributed by atoms with Crippen LogP contribution in [0.5, 0.6) is 0 Å². The van der Waals surface area contributed by atoms with Crippen LogP contribution in [-0.4, -0.2) is 32.3 Å². The third kappa shape index (κ3) is 2.98. The normalized spacial score (nSPS) is 12.5. The standard InChI is InChI=1S/C8H13N5OS/c1-4(2)6(7(9)15)11-8(14)5-3-10-13-12-5/h3-4,6H,1-2H3,(H2,9,15)(H,11,14)(H,10,12,13). The highest BCUT2D eigenvalue weighted by Crippen LogP contribution is 2.03. The number of nitrogens with zero attached hydrogens (tertiary/aromatic N) is 2. The van der Waals surface area contributed by atoms with Crippen LogP contribution in [0.25, 0.3) is 0 Å². The van der Waals surface area contributed by atoms with Crippen molar-refractivity contribution in [3.8, 4) is 0 Å². The number of hydrogen-bond donors (Lipinski definition) is 3. The zero-order valence-corrected chi connectivity index (χ0v) is 9.34. The Labute approximate surface area is 92.6 Å². The van der Waals surface area contributed by atoms with Crippen molar-refractivity contribution in [2.45, 2.75) is 19.9 Å². The van der Waals surface area contributed by atoms with Gasteiger partial charge in [0.15, 0.2) is 5.69 Å². The molecule has 1 heterocycles. The molecule has 0 aliphatic heterocycles. The van der Waals surface area contributed by atoms with Crippen molar-refractivity contribution < 1.29 is 4.79 Å². The molecule has 1 rings (SSSR count). The van der Waals surface area contributed by atoms with Gasteiger partial charge in [-0.15, -0.1) is 0 Å². The molecule has 1 aromatic heterocycles. The lowest BCUT2D eigenvalue weighted by atomic mass is 10.0. The summed E-state index contributed by atoms with van der Waals surface area (Å²) >= 11 is 4.86. The summed E-state index contributed by atoms with van der Waals surface area (Å²) in [5.41, 5.74) is 5.73. The molecular weight excluding hydrogens is 214 g/mol. The van der Waals surface area contributed by atoms with E-state index < -0.39 is 0 Å². The Morgan fingerprint density at radius 1 is 1.67 bits per heavy atom. The van der Waals surface area contributed by atoms with E-state index in [4.69, 9.17) is 18.0 Å². The lowest BCUT2D eigenvalue weighted by Gasteiger charge is -2.20. The largest absolute Gasteiger partial charge is 0.392 e. The Kier molecular flexibility index (Phi) is 3.73. The Morgan fingerprint density at radius 3 is 2.73 bits per heavy atom. The predicted molar refractivity (Wildman–Crippen MR) is 59.3 cm³/mol. The highest BCUT2D eigenvalue weighted by Gasteiger charge is 2.20. The van der Waals surface area contributed by atoms with Crippen LogP contribution in [0.1, 0.15) is 24.3 Å². The van der Waals surface area contributed by atoms with Crippen LogP contribution in [-0.2, 0) is 0 Å². The van der Waals surface area contributed by atoms with E-state index in [0.717, 1.165) is 0 Å². The summed E-state index contributed by atoms with van der Waals surface area (Å²) in [5.74, 6) is -0.200. The van der Waals surface area contributed by atoms with Crippen molar-refractivity contribution in [3.63, 3.8) is 0 Å². The van der Waals surface area contributed by atoms with E-state index in [9.17, 15) is 4.79 Å². The van der Waals surface area contributed by atoms with Gasteiger partial charge in [0.2, 0.25) is 0 Å². The summed E-state index contributed by atoms with van der Waals surface area (Å²) in [6.07, 6.45) is 1.34. The molecule has 0 aromatic carbocycles. The van der Waals surface area contributed by atoms with Crippen LogP contribution in [0.4, 0.5) is 0 Å². The van der Waals surface area contributed by atoms with Crippen molar-refractivity contribution in [2.75, 3.05) is 0 Å². The number of nitrogens with two attached hydrogens (primary N) is 1. The van der Waals surface area contributed by atoms with Crippen molar-refractivity contribution in [2.24, 2.45) is 11.7 Å². The van der Waals surface area contributed by atoms with E-state index >= 15 is 0 Å². The van der Waals surface area contributed by atoms with Gasteiger partial charge >= 0.3 is 0 Å². The second kappa shape index (κ2) is 4.83. The third-order valence-electron chi connectivity index (χ3n) is 1.91. The lowest BCUT2D eigenvalue weighted by Crippen LogP contribution is -2.46. The second-order valence-electron chi connectivity index (χ2n) is 3.45. The summed E-state index contributed by atoms with van der Waals surface area (Å²) < 4.78 is 0. The zero-order chi connectivity index (χ0) is 11.4. The average Bonchev–Trinajstić information content (AvgIpc) is 2.65. The van der Waals surface area contributed by atoms with Gasteiger partial charge in [-0.3, -0.25) is 4.79 Å². The van der Waals surface area contributed by atoms with Crippen molar-refractivity contribution in [1.82, 2.24) is 20.7 Å². The highest BCUT2D eigenvalue weighted by molar-refractivity contribution is 7.80. The van der Waals surface area contributed by atoms with Gasteiger partial charge in [0.1, 0.15) is 0 Å². The molecule has 1 atom stereocenters. The maximum atomic E-state index is 11.6. The SMILES string of the molecule is CC(C)C(NC(=O)c1cn[nH]n1)C(N)=S. The lowest BCUT2D eigenvalue weighted by molar-refractivity contribution is 0.0935. The van der Waals surface area contributed by atoms with Crippen molar-refractivity contribution in [1.29, 1.82) is 0 Å². The van der Waals surface area contributed by atoms with Gasteiger partial charge in [0.25, 0.3) is 5.91 Å². The summed E-state index contributed by atoms with van der Waals surface area (Å²) in [6, 6.07) is -0.329. The number of aromatic amines is 1. The van der Waals surface area contributed by atoms with E-state index in [0.29, 0.717) is 0 Å². The van der Waals surface area contributed by atoms with E-state index in [2.05, 4.69) is 20.7 Å². The Balaban J connectivity index is 2.67. The van der Waals surface area contributed by atoms with E-state index in [1.54, 1.807) is 0 Å². The van der Waals surface area contributed by atoms with Crippen molar-refractivity contribution >= 4 is 23.1 Å². The molecule has 82 valence electrons. The first kappa shape index (κ1) is 11.6. The molecule has 4 N–H and O–H groups in total. The fraction of sp³-hybridized carbons (Fsp3) is 0.500. The summed E-state index contributed by atoms with van der Waals surface area (Å²) in [7, 11) is 0. The van der Waals surface area contributed by atoms with Crippen LogP contribution in [0.2, 0.25) is 0 Å². The number of rotatable bonds is 4. The average molecular weight is 227 g/mol. The molecule has 0 fully saturated rings. The van der Waals surface area contributed by atoms with Gasteiger partial charge in [-0.25, -0.2) is 0 Å².